The molecule has 1 aromatic rings. The molecule has 39 heavy (non-hydrogen) atoms. The van der Waals surface area contributed by atoms with Crippen molar-refractivity contribution in [1.82, 2.24) is 0 Å². The Kier molecular flexibility index (Phi) is 12.1. The van der Waals surface area contributed by atoms with E-state index in [9.17, 15) is 19.5 Å². The molecule has 0 fully saturated rings. The van der Waals surface area contributed by atoms with Crippen LogP contribution in [0.5, 0.6) is 0 Å². The lowest BCUT2D eigenvalue weighted by atomic mass is 9.82. The largest absolute Gasteiger partial charge is 0.458 e. The van der Waals surface area contributed by atoms with Gasteiger partial charge in [0, 0.05) is 23.9 Å². The van der Waals surface area contributed by atoms with E-state index in [1.807, 2.05) is 38.1 Å². The molecule has 2 N–H and O–H groups in total. The Morgan fingerprint density at radius 1 is 1.23 bits per heavy atom. The number of aliphatic hydroxyl groups excluding tert-OH is 1. The van der Waals surface area contributed by atoms with Gasteiger partial charge in [-0.25, -0.2) is 4.79 Å². The van der Waals surface area contributed by atoms with Crippen molar-refractivity contribution in [2.75, 3.05) is 25.6 Å². The highest BCUT2D eigenvalue weighted by Crippen LogP contribution is 2.38. The summed E-state index contributed by atoms with van der Waals surface area (Å²) < 4.78 is 10.7. The molecule has 0 aliphatic carbocycles. The lowest BCUT2D eigenvalue weighted by Gasteiger charge is -2.26. The molecule has 7 nitrogen and oxygen atoms in total. The first kappa shape index (κ1) is 31.9. The van der Waals surface area contributed by atoms with E-state index in [1.165, 1.54) is 19.6 Å². The molecule has 1 aliphatic rings. The average molecular weight is 538 g/mol. The number of nitrogens with one attached hydrogen (secondary N) is 1. The van der Waals surface area contributed by atoms with E-state index in [4.69, 9.17) is 9.47 Å². The molecule has 0 radical (unpaired) electrons. The molecule has 1 amide bonds. The molecular formula is C32H43NO6. The van der Waals surface area contributed by atoms with Gasteiger partial charge in [-0.2, -0.15) is 0 Å². The number of esters is 1. The molecule has 1 atom stereocenters. The minimum Gasteiger partial charge on any atom is -0.458 e. The van der Waals surface area contributed by atoms with Crippen LogP contribution in [0.2, 0.25) is 0 Å². The first-order valence-corrected chi connectivity index (χ1v) is 13.5. The van der Waals surface area contributed by atoms with E-state index in [2.05, 4.69) is 39.1 Å². The fraction of sp³-hybridized carbons (Fsp3) is 0.469. The van der Waals surface area contributed by atoms with Gasteiger partial charge in [0.05, 0.1) is 0 Å². The van der Waals surface area contributed by atoms with Crippen LogP contribution in [-0.4, -0.2) is 49.2 Å². The Bertz CT molecular complexity index is 1220. The number of aliphatic hydroxyl groups is 1. The topological polar surface area (TPSA) is 102 Å². The van der Waals surface area contributed by atoms with Gasteiger partial charge in [0.2, 0.25) is 5.91 Å². The number of amides is 1. The second kappa shape index (κ2) is 14.8. The Balaban J connectivity index is 2.83. The summed E-state index contributed by atoms with van der Waals surface area (Å²) in [4.78, 5) is 36.8. The fourth-order valence-corrected chi connectivity index (χ4v) is 4.91. The number of aryl methyl sites for hydroxylation is 1. The third-order valence-electron chi connectivity index (χ3n) is 6.71. The average Bonchev–Trinajstić information content (AvgIpc) is 2.88. The second-order valence-corrected chi connectivity index (χ2v) is 10.2. The number of carbonyl (C=O) groups excluding carboxylic acids is 3. The number of carbonyl (C=O) groups is 3. The quantitative estimate of drug-likeness (QED) is 0.255. The van der Waals surface area contributed by atoms with Crippen LogP contribution in [0.1, 0.15) is 71.9 Å². The maximum absolute atomic E-state index is 12.5. The lowest BCUT2D eigenvalue weighted by Crippen LogP contribution is -2.35. The van der Waals surface area contributed by atoms with Crippen LogP contribution in [0, 0.1) is 12.8 Å². The highest BCUT2D eigenvalue weighted by molar-refractivity contribution is 5.98. The van der Waals surface area contributed by atoms with Crippen LogP contribution < -0.4 is 5.32 Å². The van der Waals surface area contributed by atoms with Gasteiger partial charge in [0.15, 0.2) is 11.9 Å². The summed E-state index contributed by atoms with van der Waals surface area (Å²) in [5, 5.41) is 11.9. The molecule has 0 saturated heterocycles. The fourth-order valence-electron chi connectivity index (χ4n) is 4.91. The van der Waals surface area contributed by atoms with Crippen molar-refractivity contribution in [3.05, 3.63) is 69.3 Å². The number of anilines is 1. The predicted octanol–water partition coefficient (Wildman–Crippen LogP) is 5.88. The number of Topliss-reactive ketones (excluding diaryl/α,β-unsaturated/α-hetero) is 1. The van der Waals surface area contributed by atoms with Crippen LogP contribution >= 0.6 is 0 Å². The van der Waals surface area contributed by atoms with Gasteiger partial charge in [-0.05, 0) is 91.5 Å². The van der Waals surface area contributed by atoms with Gasteiger partial charge in [-0.15, -0.1) is 0 Å². The Hall–Kier alpha value is -3.29. The van der Waals surface area contributed by atoms with Gasteiger partial charge in [0.25, 0.3) is 0 Å². The second-order valence-electron chi connectivity index (χ2n) is 10.2. The van der Waals surface area contributed by atoms with Crippen LogP contribution in [0.3, 0.4) is 0 Å². The van der Waals surface area contributed by atoms with E-state index < -0.39 is 24.6 Å². The van der Waals surface area contributed by atoms with Crippen LogP contribution in [0.25, 0.3) is 5.57 Å². The van der Waals surface area contributed by atoms with E-state index >= 15 is 0 Å². The van der Waals surface area contributed by atoms with E-state index in [1.54, 1.807) is 0 Å². The monoisotopic (exact) mass is 537 g/mol. The van der Waals surface area contributed by atoms with Gasteiger partial charge < -0.3 is 19.9 Å². The van der Waals surface area contributed by atoms with Crippen molar-refractivity contribution in [2.45, 2.75) is 73.8 Å². The summed E-state index contributed by atoms with van der Waals surface area (Å²) in [6, 6.07) is 5.76. The minimum absolute atomic E-state index is 0.0690. The molecule has 1 aromatic carbocycles. The van der Waals surface area contributed by atoms with Gasteiger partial charge >= 0.3 is 5.97 Å². The molecule has 0 saturated carbocycles. The SMILES string of the molecule is CC/C=C(C(/CC(C)C)=C(/CC)c1cc(NC(=O)CO)ccc1C)\C(C)=C\C1=C(C(C)=O)COC(=O)C1OC. The van der Waals surface area contributed by atoms with Crippen molar-refractivity contribution in [3.63, 3.8) is 0 Å². The van der Waals surface area contributed by atoms with Crippen molar-refractivity contribution < 1.29 is 29.0 Å². The van der Waals surface area contributed by atoms with Gasteiger partial charge in [-0.3, -0.25) is 9.59 Å². The number of hydrogen-bond donors (Lipinski definition) is 2. The maximum atomic E-state index is 12.5. The zero-order valence-corrected chi connectivity index (χ0v) is 24.6. The molecule has 212 valence electrons. The molecule has 1 aliphatic heterocycles. The zero-order chi connectivity index (χ0) is 29.3. The summed E-state index contributed by atoms with van der Waals surface area (Å²) in [6.45, 7) is 13.4. The molecule has 2 rings (SSSR count). The van der Waals surface area contributed by atoms with Crippen LogP contribution in [0.4, 0.5) is 5.69 Å². The molecule has 0 aromatic heterocycles. The number of hydrogen-bond acceptors (Lipinski definition) is 6. The molecule has 1 unspecified atom stereocenters. The van der Waals surface area contributed by atoms with Gasteiger partial charge in [-0.1, -0.05) is 45.9 Å². The summed E-state index contributed by atoms with van der Waals surface area (Å²) in [7, 11) is 1.44. The van der Waals surface area contributed by atoms with Crippen LogP contribution in [0.15, 0.2) is 58.2 Å². The third kappa shape index (κ3) is 8.10. The van der Waals surface area contributed by atoms with Crippen molar-refractivity contribution in [2.24, 2.45) is 5.92 Å². The first-order chi connectivity index (χ1) is 18.5. The number of benzene rings is 1. The lowest BCUT2D eigenvalue weighted by molar-refractivity contribution is -0.153. The van der Waals surface area contributed by atoms with E-state index in [-0.39, 0.29) is 12.4 Å². The van der Waals surface area contributed by atoms with E-state index in [0.717, 1.165) is 47.1 Å². The summed E-state index contributed by atoms with van der Waals surface area (Å²) in [6.07, 6.45) is 5.46. The van der Waals surface area contributed by atoms with Gasteiger partial charge in [0.1, 0.15) is 13.2 Å². The van der Waals surface area contributed by atoms with Crippen molar-refractivity contribution in [1.29, 1.82) is 0 Å². The van der Waals surface area contributed by atoms with Crippen molar-refractivity contribution in [3.8, 4) is 0 Å². The molecule has 0 spiro atoms. The van der Waals surface area contributed by atoms with E-state index in [0.29, 0.717) is 22.8 Å². The standard InChI is InChI=1S/C32H43NO6/c1-9-11-25(21(6)15-28-29(22(7)35)18-39-32(37)31(28)38-8)27(14-19(3)4)24(10-2)26-16-23(13-12-20(26)5)33-30(36)17-34/h11-13,15-16,19,31,34H,9-10,14,17-18H2,1-8H3,(H,33,36)/b21-15+,25-11+,27-24-. The Morgan fingerprint density at radius 2 is 1.92 bits per heavy atom. The zero-order valence-electron chi connectivity index (χ0n) is 24.6. The van der Waals surface area contributed by atoms with Crippen molar-refractivity contribution >= 4 is 28.9 Å². The number of cyclic esters (lactones) is 1. The normalized spacial score (nSPS) is 17.3. The molecule has 7 heteroatoms. The summed E-state index contributed by atoms with van der Waals surface area (Å²) in [5.74, 6) is -0.773. The predicted molar refractivity (Wildman–Crippen MR) is 155 cm³/mol. The Morgan fingerprint density at radius 3 is 2.46 bits per heavy atom. The highest BCUT2D eigenvalue weighted by atomic mass is 16.6. The minimum atomic E-state index is -0.965. The van der Waals surface area contributed by atoms with Crippen LogP contribution in [-0.2, 0) is 23.9 Å². The molecular weight excluding hydrogens is 494 g/mol. The number of ether oxygens (including phenoxy) is 2. The summed E-state index contributed by atoms with van der Waals surface area (Å²) in [5.41, 5.74) is 8.00. The molecule has 0 bridgehead atoms. The third-order valence-corrected chi connectivity index (χ3v) is 6.71. The number of allylic oxidation sites excluding steroid dienone is 5. The number of ketones is 1. The maximum Gasteiger partial charge on any atom is 0.340 e. The highest BCUT2D eigenvalue weighted by Gasteiger charge is 2.32. The Labute approximate surface area is 232 Å². The number of methoxy groups -OCH3 is 1. The number of rotatable bonds is 12. The first-order valence-electron chi connectivity index (χ1n) is 13.5. The smallest absolute Gasteiger partial charge is 0.340 e. The summed E-state index contributed by atoms with van der Waals surface area (Å²) >= 11 is 0. The molecule has 1 heterocycles.